The van der Waals surface area contributed by atoms with E-state index in [2.05, 4.69) is 4.98 Å². The van der Waals surface area contributed by atoms with Gasteiger partial charge in [0.2, 0.25) is 5.91 Å². The summed E-state index contributed by atoms with van der Waals surface area (Å²) in [6.45, 7) is 1.92. The van der Waals surface area contributed by atoms with Crippen molar-refractivity contribution in [3.8, 4) is 0 Å². The fourth-order valence-electron chi connectivity index (χ4n) is 2.62. The maximum absolute atomic E-state index is 12.9. The van der Waals surface area contributed by atoms with Crippen LogP contribution in [-0.2, 0) is 21.2 Å². The van der Waals surface area contributed by atoms with Crippen LogP contribution in [0.2, 0.25) is 0 Å². The van der Waals surface area contributed by atoms with E-state index in [4.69, 9.17) is 0 Å². The van der Waals surface area contributed by atoms with Crippen LogP contribution in [0.3, 0.4) is 0 Å². The summed E-state index contributed by atoms with van der Waals surface area (Å²) in [7, 11) is -4.02. The van der Waals surface area contributed by atoms with Gasteiger partial charge in [0.15, 0.2) is 0 Å². The van der Waals surface area contributed by atoms with Gasteiger partial charge >= 0.3 is 0 Å². The molecule has 0 fully saturated rings. The average Bonchev–Trinajstić information content (AvgIpc) is 2.91. The fraction of sp³-hybridized carbons (Fsp3) is 0.118. The molecule has 0 aliphatic rings. The van der Waals surface area contributed by atoms with Crippen LogP contribution in [-0.4, -0.2) is 19.3 Å². The molecule has 5 nitrogen and oxygen atoms in total. The van der Waals surface area contributed by atoms with Crippen molar-refractivity contribution in [3.63, 3.8) is 0 Å². The Morgan fingerprint density at radius 2 is 1.88 bits per heavy atom. The predicted molar refractivity (Wildman–Crippen MR) is 88.5 cm³/mol. The molecule has 3 aromatic rings. The third-order valence-electron chi connectivity index (χ3n) is 3.72. The number of aryl methyl sites for hydroxylation is 1. The molecule has 0 saturated heterocycles. The maximum Gasteiger partial charge on any atom is 0.264 e. The second kappa shape index (κ2) is 6.09. The van der Waals surface area contributed by atoms with Gasteiger partial charge in [-0.2, -0.15) is 0 Å². The van der Waals surface area contributed by atoms with E-state index in [1.165, 1.54) is 0 Å². The number of benzene rings is 2. The van der Waals surface area contributed by atoms with Gasteiger partial charge in [-0.1, -0.05) is 12.1 Å². The summed E-state index contributed by atoms with van der Waals surface area (Å²) in [5.74, 6) is -1.20. The Morgan fingerprint density at radius 3 is 2.58 bits per heavy atom. The highest BCUT2D eigenvalue weighted by atomic mass is 32.2. The molecule has 2 N–H and O–H groups in total. The molecule has 2 aromatic carbocycles. The minimum Gasteiger partial charge on any atom is -0.361 e. The minimum absolute atomic E-state index is 0.0781. The Morgan fingerprint density at radius 1 is 1.17 bits per heavy atom. The fourth-order valence-corrected chi connectivity index (χ4v) is 3.61. The minimum atomic E-state index is -4.02. The van der Waals surface area contributed by atoms with Gasteiger partial charge in [0.25, 0.3) is 10.0 Å². The topological polar surface area (TPSA) is 79.0 Å². The number of rotatable bonds is 4. The summed E-state index contributed by atoms with van der Waals surface area (Å²) >= 11 is 0. The summed E-state index contributed by atoms with van der Waals surface area (Å²) in [6.07, 6.45) is 1.62. The van der Waals surface area contributed by atoms with Crippen LogP contribution >= 0.6 is 0 Å². The number of nitrogens with one attached hydrogen (secondary N) is 2. The number of aromatic nitrogens is 1. The Bertz CT molecular complexity index is 1010. The number of aromatic amines is 1. The van der Waals surface area contributed by atoms with E-state index in [9.17, 15) is 17.6 Å². The first kappa shape index (κ1) is 16.2. The van der Waals surface area contributed by atoms with Crippen molar-refractivity contribution in [1.82, 2.24) is 9.71 Å². The summed E-state index contributed by atoms with van der Waals surface area (Å²) < 4.78 is 39.2. The quantitative estimate of drug-likeness (QED) is 0.762. The second-order valence-electron chi connectivity index (χ2n) is 5.47. The zero-order valence-corrected chi connectivity index (χ0v) is 13.7. The van der Waals surface area contributed by atoms with Crippen molar-refractivity contribution >= 4 is 26.8 Å². The SMILES string of the molecule is Cc1cccc2[nH]cc(CC(=O)NS(=O)(=O)c3ccc(F)cc3)c12. The number of amides is 1. The number of sulfonamides is 1. The molecule has 24 heavy (non-hydrogen) atoms. The molecule has 7 heteroatoms. The number of hydrogen-bond donors (Lipinski definition) is 2. The molecule has 0 radical (unpaired) electrons. The molecule has 0 bridgehead atoms. The van der Waals surface area contributed by atoms with Crippen molar-refractivity contribution in [3.05, 3.63) is 65.6 Å². The number of H-pyrrole nitrogens is 1. The third-order valence-corrected chi connectivity index (χ3v) is 5.11. The molecule has 0 unspecified atom stereocenters. The van der Waals surface area contributed by atoms with Gasteiger partial charge in [0.1, 0.15) is 5.82 Å². The van der Waals surface area contributed by atoms with E-state index >= 15 is 0 Å². The van der Waals surface area contributed by atoms with Crippen LogP contribution < -0.4 is 4.72 Å². The zero-order valence-electron chi connectivity index (χ0n) is 12.8. The Hall–Kier alpha value is -2.67. The molecule has 0 aliphatic carbocycles. The lowest BCUT2D eigenvalue weighted by atomic mass is 10.1. The van der Waals surface area contributed by atoms with Crippen LogP contribution in [0, 0.1) is 12.7 Å². The van der Waals surface area contributed by atoms with Crippen LogP contribution in [0.5, 0.6) is 0 Å². The van der Waals surface area contributed by atoms with Crippen molar-refractivity contribution in [2.45, 2.75) is 18.2 Å². The van der Waals surface area contributed by atoms with E-state index in [1.54, 1.807) is 6.20 Å². The highest BCUT2D eigenvalue weighted by molar-refractivity contribution is 7.90. The van der Waals surface area contributed by atoms with Crippen molar-refractivity contribution < 1.29 is 17.6 Å². The van der Waals surface area contributed by atoms with Gasteiger partial charge in [-0.15, -0.1) is 0 Å². The Balaban J connectivity index is 1.81. The van der Waals surface area contributed by atoms with Gasteiger partial charge in [-0.05, 0) is 48.4 Å². The van der Waals surface area contributed by atoms with Gasteiger partial charge in [0.05, 0.1) is 11.3 Å². The molecule has 124 valence electrons. The summed E-state index contributed by atoms with van der Waals surface area (Å²) in [5, 5.41) is 0.909. The number of fused-ring (bicyclic) bond motifs is 1. The molecule has 1 aromatic heterocycles. The van der Waals surface area contributed by atoms with E-state index in [0.717, 1.165) is 46.3 Å². The Labute approximate surface area is 138 Å². The van der Waals surface area contributed by atoms with Crippen molar-refractivity contribution in [2.24, 2.45) is 0 Å². The molecule has 0 atom stereocenters. The first-order chi connectivity index (χ1) is 11.4. The lowest BCUT2D eigenvalue weighted by Crippen LogP contribution is -2.31. The van der Waals surface area contributed by atoms with Crippen LogP contribution in [0.15, 0.2) is 53.6 Å². The molecular formula is C17H15FN2O3S. The lowest BCUT2D eigenvalue weighted by molar-refractivity contribution is -0.118. The standard InChI is InChI=1S/C17H15FN2O3S/c1-11-3-2-4-15-17(11)12(10-19-15)9-16(21)20-24(22,23)14-7-5-13(18)6-8-14/h2-8,10,19H,9H2,1H3,(H,20,21). The number of hydrogen-bond acceptors (Lipinski definition) is 3. The van der Waals surface area contributed by atoms with Gasteiger partial charge in [-0.3, -0.25) is 4.79 Å². The van der Waals surface area contributed by atoms with E-state index in [-0.39, 0.29) is 11.3 Å². The molecule has 1 amide bonds. The summed E-state index contributed by atoms with van der Waals surface area (Å²) in [6, 6.07) is 9.99. The first-order valence-corrected chi connectivity index (χ1v) is 8.72. The van der Waals surface area contributed by atoms with Gasteiger partial charge in [0, 0.05) is 17.1 Å². The van der Waals surface area contributed by atoms with Crippen molar-refractivity contribution in [1.29, 1.82) is 0 Å². The molecule has 3 rings (SSSR count). The summed E-state index contributed by atoms with van der Waals surface area (Å²) in [5.41, 5.74) is 2.60. The highest BCUT2D eigenvalue weighted by Gasteiger charge is 2.19. The maximum atomic E-state index is 12.9. The average molecular weight is 346 g/mol. The smallest absolute Gasteiger partial charge is 0.264 e. The second-order valence-corrected chi connectivity index (χ2v) is 7.15. The van der Waals surface area contributed by atoms with Crippen molar-refractivity contribution in [2.75, 3.05) is 0 Å². The molecule has 0 saturated carbocycles. The highest BCUT2D eigenvalue weighted by Crippen LogP contribution is 2.22. The van der Waals surface area contributed by atoms with Crippen LogP contribution in [0.4, 0.5) is 4.39 Å². The van der Waals surface area contributed by atoms with E-state index in [0.29, 0.717) is 0 Å². The number of carbonyl (C=O) groups excluding carboxylic acids is 1. The monoisotopic (exact) mass is 346 g/mol. The predicted octanol–water partition coefficient (Wildman–Crippen LogP) is 2.66. The normalized spacial score (nSPS) is 11.6. The van der Waals surface area contributed by atoms with Gasteiger partial charge < -0.3 is 4.98 Å². The van der Waals surface area contributed by atoms with E-state index < -0.39 is 21.7 Å². The lowest BCUT2D eigenvalue weighted by Gasteiger charge is -2.07. The molecule has 0 aliphatic heterocycles. The largest absolute Gasteiger partial charge is 0.361 e. The zero-order chi connectivity index (χ0) is 17.3. The van der Waals surface area contributed by atoms with Gasteiger partial charge in [-0.25, -0.2) is 17.5 Å². The summed E-state index contributed by atoms with van der Waals surface area (Å²) in [4.78, 5) is 15.0. The molecule has 0 spiro atoms. The molecular weight excluding hydrogens is 331 g/mol. The molecule has 1 heterocycles. The third kappa shape index (κ3) is 3.16. The first-order valence-electron chi connectivity index (χ1n) is 7.23. The van der Waals surface area contributed by atoms with Crippen LogP contribution in [0.25, 0.3) is 10.9 Å². The van der Waals surface area contributed by atoms with Crippen LogP contribution in [0.1, 0.15) is 11.1 Å². The number of carbonyl (C=O) groups is 1. The number of halogens is 1. The Kier molecular flexibility index (Phi) is 4.11. The van der Waals surface area contributed by atoms with E-state index in [1.807, 2.05) is 29.8 Å².